The molecule has 1 atom stereocenters. The summed E-state index contributed by atoms with van der Waals surface area (Å²) in [6, 6.07) is 5.69. The van der Waals surface area contributed by atoms with Crippen LogP contribution in [-0.2, 0) is 14.8 Å². The van der Waals surface area contributed by atoms with Gasteiger partial charge < -0.3 is 14.6 Å². The van der Waals surface area contributed by atoms with E-state index >= 15 is 0 Å². The van der Waals surface area contributed by atoms with Crippen LogP contribution in [-0.4, -0.2) is 37.2 Å². The number of nitrogens with zero attached hydrogens (tertiary/aromatic N) is 2. The Balaban J connectivity index is 1.95. The summed E-state index contributed by atoms with van der Waals surface area (Å²) >= 11 is 0. The van der Waals surface area contributed by atoms with Crippen LogP contribution in [0.1, 0.15) is 19.9 Å². The van der Waals surface area contributed by atoms with Gasteiger partial charge in [0.1, 0.15) is 11.8 Å². The van der Waals surface area contributed by atoms with Crippen LogP contribution in [0.5, 0.6) is 5.75 Å². The van der Waals surface area contributed by atoms with Gasteiger partial charge in [-0.1, -0.05) is 13.8 Å². The Morgan fingerprint density at radius 3 is 2.45 bits per heavy atom. The van der Waals surface area contributed by atoms with E-state index in [0.717, 1.165) is 18.4 Å². The second kappa shape index (κ2) is 8.50. The maximum atomic E-state index is 13.8. The van der Waals surface area contributed by atoms with Crippen LogP contribution >= 0.6 is 0 Å². The number of carbonyl (C=O) groups excluding carboxylic acids is 1. The lowest BCUT2D eigenvalue weighted by Crippen LogP contribution is -2.29. The van der Waals surface area contributed by atoms with Gasteiger partial charge in [0.2, 0.25) is 15.9 Å². The Morgan fingerprint density at radius 1 is 1.16 bits per heavy atom. The van der Waals surface area contributed by atoms with Gasteiger partial charge in [0.05, 0.1) is 36.4 Å². The highest BCUT2D eigenvalue weighted by Gasteiger charge is 2.26. The summed E-state index contributed by atoms with van der Waals surface area (Å²) in [5.41, 5.74) is 0.988. The van der Waals surface area contributed by atoms with Gasteiger partial charge in [-0.25, -0.2) is 22.2 Å². The number of rotatable bonds is 7. The van der Waals surface area contributed by atoms with Gasteiger partial charge >= 0.3 is 0 Å². The maximum Gasteiger partial charge on any atom is 0.247 e. The Kier molecular flexibility index (Phi) is 6.16. The molecule has 0 saturated carbocycles. The molecule has 0 aliphatic heterocycles. The van der Waals surface area contributed by atoms with Crippen LogP contribution in [0.4, 0.5) is 20.2 Å². The number of anilines is 2. The average Bonchev–Trinajstić information content (AvgIpc) is 3.03. The molecule has 0 aliphatic rings. The number of benzene rings is 2. The predicted octanol–water partition coefficient (Wildman–Crippen LogP) is 3.53. The van der Waals surface area contributed by atoms with Crippen LogP contribution < -0.4 is 14.8 Å². The van der Waals surface area contributed by atoms with Gasteiger partial charge in [-0.3, -0.25) is 9.52 Å². The molecule has 2 N–H and O–H groups in total. The minimum Gasteiger partial charge on any atom is -0.495 e. The van der Waals surface area contributed by atoms with E-state index in [9.17, 15) is 22.0 Å². The van der Waals surface area contributed by atoms with E-state index in [2.05, 4.69) is 15.0 Å². The second-order valence-corrected chi connectivity index (χ2v) is 9.12. The van der Waals surface area contributed by atoms with Gasteiger partial charge in [0.25, 0.3) is 0 Å². The third-order valence-electron chi connectivity index (χ3n) is 4.58. The molecule has 1 unspecified atom stereocenters. The first-order chi connectivity index (χ1) is 14.5. The zero-order valence-electron chi connectivity index (χ0n) is 17.3. The van der Waals surface area contributed by atoms with Crippen molar-refractivity contribution in [3.63, 3.8) is 0 Å². The minimum atomic E-state index is -3.57. The molecule has 3 aromatic rings. The molecule has 166 valence electrons. The molecule has 0 spiro atoms. The molecule has 0 fully saturated rings. The van der Waals surface area contributed by atoms with Gasteiger partial charge in [-0.05, 0) is 24.1 Å². The van der Waals surface area contributed by atoms with Gasteiger partial charge in [-0.15, -0.1) is 0 Å². The Hall–Kier alpha value is -3.21. The molecule has 0 saturated heterocycles. The predicted molar refractivity (Wildman–Crippen MR) is 114 cm³/mol. The number of imidazole rings is 1. The fraction of sp³-hybridized carbons (Fsp3) is 0.300. The fourth-order valence-electron chi connectivity index (χ4n) is 3.28. The number of hydrogen-bond donors (Lipinski definition) is 2. The lowest BCUT2D eigenvalue weighted by Gasteiger charge is -2.23. The van der Waals surface area contributed by atoms with Crippen molar-refractivity contribution in [2.45, 2.75) is 19.9 Å². The number of ether oxygens (including phenoxy) is 1. The highest BCUT2D eigenvalue weighted by atomic mass is 32.2. The summed E-state index contributed by atoms with van der Waals surface area (Å²) in [4.78, 5) is 17.2. The largest absolute Gasteiger partial charge is 0.495 e. The monoisotopic (exact) mass is 452 g/mol. The van der Waals surface area contributed by atoms with Crippen molar-refractivity contribution in [2.75, 3.05) is 23.4 Å². The number of carbonyl (C=O) groups is 1. The summed E-state index contributed by atoms with van der Waals surface area (Å²) in [7, 11) is -2.18. The van der Waals surface area contributed by atoms with Crippen LogP contribution in [0.15, 0.2) is 36.7 Å². The average molecular weight is 452 g/mol. The number of hydrogen-bond acceptors (Lipinski definition) is 5. The lowest BCUT2D eigenvalue weighted by molar-refractivity contribution is -0.120. The molecule has 11 heteroatoms. The second-order valence-electron chi connectivity index (χ2n) is 7.37. The van der Waals surface area contributed by atoms with Crippen molar-refractivity contribution in [3.05, 3.63) is 48.3 Å². The molecule has 3 rings (SSSR count). The Bertz CT molecular complexity index is 1240. The van der Waals surface area contributed by atoms with Gasteiger partial charge in [0.15, 0.2) is 11.6 Å². The number of fused-ring (bicyclic) bond motifs is 1. The van der Waals surface area contributed by atoms with E-state index in [1.165, 1.54) is 30.1 Å². The number of aromatic nitrogens is 2. The van der Waals surface area contributed by atoms with Crippen LogP contribution in [0.2, 0.25) is 0 Å². The van der Waals surface area contributed by atoms with E-state index < -0.39 is 33.6 Å². The van der Waals surface area contributed by atoms with Crippen LogP contribution in [0.25, 0.3) is 11.0 Å². The van der Waals surface area contributed by atoms with Crippen molar-refractivity contribution >= 4 is 38.3 Å². The summed E-state index contributed by atoms with van der Waals surface area (Å²) in [5.74, 6) is -2.44. The molecule has 31 heavy (non-hydrogen) atoms. The lowest BCUT2D eigenvalue weighted by atomic mass is 10.0. The summed E-state index contributed by atoms with van der Waals surface area (Å²) < 4.78 is 59.5. The molecule has 1 heterocycles. The molecule has 0 aliphatic carbocycles. The molecule has 1 aromatic heterocycles. The standard InChI is InChI=1S/C20H22F2N4O4S/c1-11(2)19(26-10-23-15-8-13(21)14(22)9-17(15)26)20(27)24-12-5-6-18(30-3)16(7-12)25-31(4,28)29/h5-11,19,25H,1-4H3,(H,24,27). The number of halogens is 2. The van der Waals surface area contributed by atoms with Crippen molar-refractivity contribution in [1.29, 1.82) is 0 Å². The SMILES string of the molecule is COc1ccc(NC(=O)C(C(C)C)n2cnc3cc(F)c(F)cc32)cc1NS(C)(=O)=O. The van der Waals surface area contributed by atoms with E-state index in [1.54, 1.807) is 19.9 Å². The molecule has 0 bridgehead atoms. The van der Waals surface area contributed by atoms with E-state index in [-0.39, 0.29) is 28.4 Å². The molecular weight excluding hydrogens is 430 g/mol. The first kappa shape index (κ1) is 22.5. The number of nitrogens with one attached hydrogen (secondary N) is 2. The van der Waals surface area contributed by atoms with Crippen LogP contribution in [0.3, 0.4) is 0 Å². The molecule has 2 aromatic carbocycles. The van der Waals surface area contributed by atoms with Crippen LogP contribution in [0, 0.1) is 17.6 Å². The third-order valence-corrected chi connectivity index (χ3v) is 5.17. The van der Waals surface area contributed by atoms with Crippen molar-refractivity contribution in [1.82, 2.24) is 9.55 Å². The van der Waals surface area contributed by atoms with Gasteiger partial charge in [0, 0.05) is 17.8 Å². The van der Waals surface area contributed by atoms with E-state index in [1.807, 2.05) is 0 Å². The van der Waals surface area contributed by atoms with Gasteiger partial charge in [-0.2, -0.15) is 0 Å². The smallest absolute Gasteiger partial charge is 0.247 e. The number of sulfonamides is 1. The third kappa shape index (κ3) is 4.93. The molecule has 0 radical (unpaired) electrons. The number of amides is 1. The molecule has 8 nitrogen and oxygen atoms in total. The zero-order chi connectivity index (χ0) is 22.9. The Labute approximate surface area is 178 Å². The number of methoxy groups -OCH3 is 1. The summed E-state index contributed by atoms with van der Waals surface area (Å²) in [5, 5.41) is 2.73. The Morgan fingerprint density at radius 2 is 1.84 bits per heavy atom. The quantitative estimate of drug-likeness (QED) is 0.571. The van der Waals surface area contributed by atoms with Crippen molar-refractivity contribution in [2.24, 2.45) is 5.92 Å². The maximum absolute atomic E-state index is 13.8. The fourth-order valence-corrected chi connectivity index (χ4v) is 3.84. The van der Waals surface area contributed by atoms with Crippen molar-refractivity contribution in [3.8, 4) is 5.75 Å². The first-order valence-corrected chi connectivity index (χ1v) is 11.2. The topological polar surface area (TPSA) is 102 Å². The van der Waals surface area contributed by atoms with E-state index in [0.29, 0.717) is 5.69 Å². The highest BCUT2D eigenvalue weighted by molar-refractivity contribution is 7.92. The zero-order valence-corrected chi connectivity index (χ0v) is 18.1. The summed E-state index contributed by atoms with van der Waals surface area (Å²) in [6.45, 7) is 3.61. The van der Waals surface area contributed by atoms with E-state index in [4.69, 9.17) is 4.74 Å². The molecule has 1 amide bonds. The highest BCUT2D eigenvalue weighted by Crippen LogP contribution is 2.30. The summed E-state index contributed by atoms with van der Waals surface area (Å²) in [6.07, 6.45) is 2.36. The minimum absolute atomic E-state index is 0.162. The van der Waals surface area contributed by atoms with Crippen molar-refractivity contribution < 1.29 is 26.7 Å². The normalized spacial score (nSPS) is 12.7. The first-order valence-electron chi connectivity index (χ1n) is 9.28. The molecular formula is C20H22F2N4O4S.